The molecule has 4 rings (SSSR count). The van der Waals surface area contributed by atoms with E-state index in [4.69, 9.17) is 16.7 Å². The van der Waals surface area contributed by atoms with E-state index in [9.17, 15) is 4.39 Å². The van der Waals surface area contributed by atoms with E-state index in [2.05, 4.69) is 15.9 Å². The fourth-order valence-electron chi connectivity index (χ4n) is 3.17. The summed E-state index contributed by atoms with van der Waals surface area (Å²) in [4.78, 5) is 0. The van der Waals surface area contributed by atoms with Gasteiger partial charge in [-0.05, 0) is 35.9 Å². The molecule has 1 heterocycles. The summed E-state index contributed by atoms with van der Waals surface area (Å²) in [6.45, 7) is 0. The number of para-hydroxylation sites is 1. The molecule has 0 N–H and O–H groups in total. The van der Waals surface area contributed by atoms with Gasteiger partial charge in [0, 0.05) is 21.5 Å². The Kier molecular flexibility index (Phi) is 4.79. The van der Waals surface area contributed by atoms with E-state index in [1.807, 2.05) is 54.6 Å². The van der Waals surface area contributed by atoms with Gasteiger partial charge in [0.2, 0.25) is 0 Å². The van der Waals surface area contributed by atoms with Gasteiger partial charge in [-0.25, -0.2) is 4.39 Å². The van der Waals surface area contributed by atoms with Crippen LogP contribution in [0.5, 0.6) is 0 Å². The van der Waals surface area contributed by atoms with Crippen molar-refractivity contribution in [1.29, 1.82) is 0 Å². The van der Waals surface area contributed by atoms with Gasteiger partial charge in [0.15, 0.2) is 0 Å². The summed E-state index contributed by atoms with van der Waals surface area (Å²) in [5.74, 6) is -0.293. The van der Waals surface area contributed by atoms with Gasteiger partial charge in [0.1, 0.15) is 5.82 Å². The maximum absolute atomic E-state index is 14.5. The van der Waals surface area contributed by atoms with Crippen LogP contribution in [0, 0.1) is 5.82 Å². The summed E-state index contributed by atoms with van der Waals surface area (Å²) in [7, 11) is 0. The minimum Gasteiger partial charge on any atom is -0.254 e. The first-order chi connectivity index (χ1) is 12.6. The average molecular weight is 430 g/mol. The molecule has 5 heteroatoms. The van der Waals surface area contributed by atoms with Gasteiger partial charge in [-0.3, -0.25) is 5.01 Å². The zero-order chi connectivity index (χ0) is 18.1. The van der Waals surface area contributed by atoms with Crippen LogP contribution in [0.3, 0.4) is 0 Å². The van der Waals surface area contributed by atoms with Crippen molar-refractivity contribution in [3.63, 3.8) is 0 Å². The number of nitrogens with zero attached hydrogens (tertiary/aromatic N) is 2. The molecule has 3 aromatic rings. The van der Waals surface area contributed by atoms with Crippen molar-refractivity contribution in [2.45, 2.75) is 12.5 Å². The van der Waals surface area contributed by atoms with E-state index in [0.717, 1.165) is 21.3 Å². The maximum Gasteiger partial charge on any atom is 0.148 e. The summed E-state index contributed by atoms with van der Waals surface area (Å²) in [6, 6.07) is 22.3. The largest absolute Gasteiger partial charge is 0.254 e. The van der Waals surface area contributed by atoms with Gasteiger partial charge in [-0.1, -0.05) is 70.0 Å². The number of rotatable bonds is 3. The first-order valence-corrected chi connectivity index (χ1v) is 9.42. The predicted molar refractivity (Wildman–Crippen MR) is 108 cm³/mol. The highest BCUT2D eigenvalue weighted by molar-refractivity contribution is 9.10. The van der Waals surface area contributed by atoms with Gasteiger partial charge in [0.25, 0.3) is 0 Å². The van der Waals surface area contributed by atoms with Crippen LogP contribution in [-0.2, 0) is 0 Å². The van der Waals surface area contributed by atoms with Crippen LogP contribution in [0.25, 0.3) is 0 Å². The molecule has 1 aliphatic rings. The molecule has 0 fully saturated rings. The number of halogens is 3. The normalized spacial score (nSPS) is 16.7. The summed E-state index contributed by atoms with van der Waals surface area (Å²) in [5.41, 5.74) is 3.27. The lowest BCUT2D eigenvalue weighted by molar-refractivity contribution is 0.606. The predicted octanol–water partition coefficient (Wildman–Crippen LogP) is 6.60. The molecular formula is C21H15BrClFN2. The number of hydrazone groups is 1. The molecule has 0 saturated carbocycles. The van der Waals surface area contributed by atoms with Crippen LogP contribution in [0.15, 0.2) is 82.4 Å². The van der Waals surface area contributed by atoms with E-state index in [0.29, 0.717) is 17.1 Å². The van der Waals surface area contributed by atoms with Gasteiger partial charge in [-0.15, -0.1) is 0 Å². The molecular weight excluding hydrogens is 415 g/mol. The van der Waals surface area contributed by atoms with Crippen LogP contribution in [-0.4, -0.2) is 5.71 Å². The summed E-state index contributed by atoms with van der Waals surface area (Å²) in [5, 5.41) is 7.15. The van der Waals surface area contributed by atoms with E-state index in [1.165, 1.54) is 6.07 Å². The van der Waals surface area contributed by atoms with Crippen molar-refractivity contribution in [2.24, 2.45) is 5.10 Å². The lowest BCUT2D eigenvalue weighted by Crippen LogP contribution is -2.19. The second kappa shape index (κ2) is 7.22. The zero-order valence-electron chi connectivity index (χ0n) is 13.7. The maximum atomic E-state index is 14.5. The molecule has 0 aromatic heterocycles. The SMILES string of the molecule is Fc1ccccc1N1N=C(c2ccccc2Cl)CC1c1ccc(Br)cc1. The molecule has 1 unspecified atom stereocenters. The Hall–Kier alpha value is -2.17. The molecule has 2 nitrogen and oxygen atoms in total. The smallest absolute Gasteiger partial charge is 0.148 e. The monoisotopic (exact) mass is 428 g/mol. The fourth-order valence-corrected chi connectivity index (χ4v) is 3.68. The lowest BCUT2D eigenvalue weighted by atomic mass is 9.98. The van der Waals surface area contributed by atoms with Crippen molar-refractivity contribution in [1.82, 2.24) is 0 Å². The Labute approximate surface area is 165 Å². The Morgan fingerprint density at radius 2 is 1.65 bits per heavy atom. The van der Waals surface area contributed by atoms with E-state index >= 15 is 0 Å². The third kappa shape index (κ3) is 3.27. The van der Waals surface area contributed by atoms with Crippen LogP contribution in [0.2, 0.25) is 5.02 Å². The third-order valence-corrected chi connectivity index (χ3v) is 5.31. The molecule has 1 aliphatic heterocycles. The van der Waals surface area contributed by atoms with Crippen LogP contribution < -0.4 is 5.01 Å². The Morgan fingerprint density at radius 1 is 0.962 bits per heavy atom. The van der Waals surface area contributed by atoms with Crippen LogP contribution in [0.4, 0.5) is 10.1 Å². The van der Waals surface area contributed by atoms with Crippen LogP contribution in [0.1, 0.15) is 23.6 Å². The van der Waals surface area contributed by atoms with Crippen molar-refractivity contribution >= 4 is 38.9 Å². The summed E-state index contributed by atoms with van der Waals surface area (Å²) < 4.78 is 15.5. The standard InChI is InChI=1S/C21H15BrClFN2/c22-15-11-9-14(10-12-15)21-13-19(16-5-1-2-6-17(16)23)25-26(21)20-8-4-3-7-18(20)24/h1-12,21H,13H2. The molecule has 0 saturated heterocycles. The fraction of sp³-hybridized carbons (Fsp3) is 0.0952. The van der Waals surface area contributed by atoms with Gasteiger partial charge in [0.05, 0.1) is 17.4 Å². The average Bonchev–Trinajstić information content (AvgIpc) is 3.08. The Morgan fingerprint density at radius 3 is 2.38 bits per heavy atom. The number of benzene rings is 3. The van der Waals surface area contributed by atoms with Crippen molar-refractivity contribution in [2.75, 3.05) is 5.01 Å². The highest BCUT2D eigenvalue weighted by Gasteiger charge is 2.31. The molecule has 0 aliphatic carbocycles. The third-order valence-electron chi connectivity index (χ3n) is 4.45. The second-order valence-electron chi connectivity index (χ2n) is 6.09. The summed E-state index contributed by atoms with van der Waals surface area (Å²) >= 11 is 9.83. The first-order valence-electron chi connectivity index (χ1n) is 8.25. The summed E-state index contributed by atoms with van der Waals surface area (Å²) in [6.07, 6.45) is 0.652. The van der Waals surface area contributed by atoms with Gasteiger partial charge >= 0.3 is 0 Å². The number of hydrogen-bond acceptors (Lipinski definition) is 2. The second-order valence-corrected chi connectivity index (χ2v) is 7.42. The van der Waals surface area contributed by atoms with Crippen molar-refractivity contribution < 1.29 is 4.39 Å². The minimum atomic E-state index is -0.293. The van der Waals surface area contributed by atoms with Crippen molar-refractivity contribution in [3.05, 3.63) is 99.2 Å². The molecule has 0 amide bonds. The first kappa shape index (κ1) is 17.3. The molecule has 130 valence electrons. The Bertz CT molecular complexity index is 972. The van der Waals surface area contributed by atoms with Gasteiger partial charge < -0.3 is 0 Å². The highest BCUT2D eigenvalue weighted by atomic mass is 79.9. The van der Waals surface area contributed by atoms with E-state index in [-0.39, 0.29) is 11.9 Å². The number of hydrogen-bond donors (Lipinski definition) is 0. The van der Waals surface area contributed by atoms with E-state index in [1.54, 1.807) is 17.1 Å². The molecule has 0 radical (unpaired) electrons. The van der Waals surface area contributed by atoms with Crippen LogP contribution >= 0.6 is 27.5 Å². The lowest BCUT2D eigenvalue weighted by Gasteiger charge is -2.24. The Balaban J connectivity index is 1.80. The van der Waals surface area contributed by atoms with Crippen molar-refractivity contribution in [3.8, 4) is 0 Å². The molecule has 3 aromatic carbocycles. The zero-order valence-corrected chi connectivity index (χ0v) is 16.1. The number of anilines is 1. The van der Waals surface area contributed by atoms with Gasteiger partial charge in [-0.2, -0.15) is 5.10 Å². The topological polar surface area (TPSA) is 15.6 Å². The molecule has 0 bridgehead atoms. The molecule has 0 spiro atoms. The molecule has 26 heavy (non-hydrogen) atoms. The highest BCUT2D eigenvalue weighted by Crippen LogP contribution is 2.38. The minimum absolute atomic E-state index is 0.0914. The van der Waals surface area contributed by atoms with E-state index < -0.39 is 0 Å². The quantitative estimate of drug-likeness (QED) is 0.458. The molecule has 1 atom stereocenters.